The molecule has 0 bridgehead atoms. The number of hydrogen-bond donors (Lipinski definition) is 12. The number of esters is 2. The molecule has 12 N–H and O–H groups in total. The Morgan fingerprint density at radius 2 is 0.852 bits per heavy atom. The Kier molecular flexibility index (Phi) is 37.5. The van der Waals surface area contributed by atoms with E-state index in [0.29, 0.717) is 19.3 Å². The van der Waals surface area contributed by atoms with Crippen LogP contribution in [0.15, 0.2) is 36.5 Å². The molecule has 2 aliphatic heterocycles. The summed E-state index contributed by atoms with van der Waals surface area (Å²) in [5.74, 6) is -1.36. The van der Waals surface area contributed by atoms with Gasteiger partial charge in [-0.15, -0.1) is 0 Å². The number of allylic oxidation sites excluding steroid dienone is 6. The van der Waals surface area contributed by atoms with Gasteiger partial charge in [-0.25, -0.2) is 4.57 Å². The summed E-state index contributed by atoms with van der Waals surface area (Å²) < 4.78 is 58.1. The fourth-order valence-corrected chi connectivity index (χ4v) is 10.6. The Hall–Kier alpha value is -2.33. The van der Waals surface area contributed by atoms with Crippen molar-refractivity contribution in [1.82, 2.24) is 0 Å². The predicted molar refractivity (Wildman–Crippen MR) is 296 cm³/mol. The van der Waals surface area contributed by atoms with Crippen molar-refractivity contribution in [1.29, 1.82) is 0 Å². The van der Waals surface area contributed by atoms with Crippen molar-refractivity contribution >= 4 is 19.8 Å². The van der Waals surface area contributed by atoms with Gasteiger partial charge in [0.15, 0.2) is 18.7 Å². The average molecular weight is 1190 g/mol. The van der Waals surface area contributed by atoms with E-state index in [2.05, 4.69) is 50.3 Å². The summed E-state index contributed by atoms with van der Waals surface area (Å²) in [4.78, 5) is 37.5. The quantitative estimate of drug-likeness (QED) is 0.0176. The maximum Gasteiger partial charge on any atom is 0.472 e. The molecule has 472 valence electrons. The van der Waals surface area contributed by atoms with Crippen LogP contribution in [0.3, 0.4) is 0 Å². The first-order valence-electron chi connectivity index (χ1n) is 29.8. The first-order chi connectivity index (χ1) is 38.9. The third kappa shape index (κ3) is 27.3. The Morgan fingerprint density at radius 1 is 0.469 bits per heavy atom. The zero-order chi connectivity index (χ0) is 59.6. The lowest BCUT2D eigenvalue weighted by atomic mass is 9.84. The van der Waals surface area contributed by atoms with E-state index in [1.54, 1.807) is 0 Å². The van der Waals surface area contributed by atoms with Crippen LogP contribution in [0, 0.1) is 0 Å². The summed E-state index contributed by atoms with van der Waals surface area (Å²) in [7, 11) is -5.64. The second kappa shape index (κ2) is 41.7. The molecule has 10 unspecified atom stereocenters. The molecule has 3 aliphatic rings. The lowest BCUT2D eigenvalue weighted by molar-refractivity contribution is -0.360. The van der Waals surface area contributed by atoms with Gasteiger partial charge in [-0.3, -0.25) is 18.6 Å². The van der Waals surface area contributed by atoms with Gasteiger partial charge < -0.3 is 89.5 Å². The molecule has 24 heteroatoms. The Balaban J connectivity index is 1.70. The number of hydrogen-bond acceptors (Lipinski definition) is 22. The number of carbonyl (C=O) groups excluding carboxylic acids is 2. The van der Waals surface area contributed by atoms with Crippen molar-refractivity contribution in [3.8, 4) is 0 Å². The fourth-order valence-electron chi connectivity index (χ4n) is 9.67. The van der Waals surface area contributed by atoms with Crippen LogP contribution >= 0.6 is 7.82 Å². The first kappa shape index (κ1) is 72.9. The fraction of sp³-hybridized carbons (Fsp3) is 0.860. The summed E-state index contributed by atoms with van der Waals surface area (Å²) in [6, 6.07) is 0. The smallest absolute Gasteiger partial charge is 0.462 e. The maximum atomic E-state index is 14.0. The van der Waals surface area contributed by atoms with Crippen molar-refractivity contribution in [2.24, 2.45) is 0 Å². The minimum Gasteiger partial charge on any atom is -0.462 e. The lowest BCUT2D eigenvalue weighted by Gasteiger charge is -2.49. The van der Waals surface area contributed by atoms with Crippen LogP contribution in [-0.2, 0) is 51.6 Å². The molecule has 3 rings (SSSR count). The predicted octanol–water partition coefficient (Wildman–Crippen LogP) is 4.26. The van der Waals surface area contributed by atoms with E-state index in [0.717, 1.165) is 77.0 Å². The zero-order valence-corrected chi connectivity index (χ0v) is 48.7. The molecule has 0 aromatic carbocycles. The number of phosphoric acid groups is 1. The Morgan fingerprint density at radius 3 is 1.31 bits per heavy atom. The van der Waals surface area contributed by atoms with Gasteiger partial charge in [-0.05, 0) is 70.6 Å². The molecule has 2 saturated heterocycles. The highest BCUT2D eigenvalue weighted by molar-refractivity contribution is 7.47. The maximum absolute atomic E-state index is 14.0. The van der Waals surface area contributed by atoms with Crippen molar-refractivity contribution in [3.05, 3.63) is 36.5 Å². The standard InChI is InChI=1S/C57H101O23P/c1-3-5-7-9-11-13-15-17-19-21-23-25-27-29-31-33-42(60)73-37-39(75-43(61)34-32-30-28-26-24-22-20-18-16-14-12-10-8-6-4-2)38-74-81(71,72)80-55-53(78-56-51(69)46(64)44(62)40(35-58)76-56)49(67)48(66)50(68)54(55)79-57-52(70)47(65)45(63)41(36-59)77-57/h11,13,17-20,39-41,44-59,62-70H,3-10,12,14-16,21-38H2,1-2H3,(H,71,72)/b13-11-,19-17-,20-18-/t39-,40?,41?,44-,45+,46?,47?,48?,49?,50?,51-,52+,53-,54?,55?,56-,57+/m1/s1. The zero-order valence-electron chi connectivity index (χ0n) is 47.8. The molecule has 0 aromatic rings. The van der Waals surface area contributed by atoms with Gasteiger partial charge in [0.2, 0.25) is 0 Å². The van der Waals surface area contributed by atoms with E-state index < -0.39 is 150 Å². The van der Waals surface area contributed by atoms with Crippen LogP contribution in [0.25, 0.3) is 0 Å². The highest BCUT2D eigenvalue weighted by atomic mass is 31.2. The number of rotatable bonds is 43. The van der Waals surface area contributed by atoms with Gasteiger partial charge in [0.25, 0.3) is 0 Å². The molecule has 0 amide bonds. The minimum atomic E-state index is -5.64. The summed E-state index contributed by atoms with van der Waals surface area (Å²) in [6.45, 7) is 0.949. The largest absolute Gasteiger partial charge is 0.472 e. The van der Waals surface area contributed by atoms with Crippen LogP contribution < -0.4 is 0 Å². The van der Waals surface area contributed by atoms with Gasteiger partial charge in [0.1, 0.15) is 92.1 Å². The number of carbonyl (C=O) groups is 2. The van der Waals surface area contributed by atoms with Gasteiger partial charge in [0, 0.05) is 12.8 Å². The summed E-state index contributed by atoms with van der Waals surface area (Å²) in [5.41, 5.74) is 0. The Labute approximate surface area is 478 Å². The molecular formula is C57H101O23P. The van der Waals surface area contributed by atoms with Crippen LogP contribution in [-0.4, -0.2) is 204 Å². The monoisotopic (exact) mass is 1180 g/mol. The number of aliphatic hydroxyl groups excluding tert-OH is 11. The summed E-state index contributed by atoms with van der Waals surface area (Å²) >= 11 is 0. The highest BCUT2D eigenvalue weighted by Gasteiger charge is 2.58. The van der Waals surface area contributed by atoms with Crippen molar-refractivity contribution in [3.63, 3.8) is 0 Å². The molecule has 0 radical (unpaired) electrons. The van der Waals surface area contributed by atoms with Gasteiger partial charge in [-0.2, -0.15) is 0 Å². The third-order valence-corrected chi connectivity index (χ3v) is 15.7. The third-order valence-electron chi connectivity index (χ3n) is 14.7. The van der Waals surface area contributed by atoms with E-state index in [1.807, 2.05) is 0 Å². The second-order valence-corrected chi connectivity index (χ2v) is 22.9. The molecule has 1 aliphatic carbocycles. The van der Waals surface area contributed by atoms with E-state index in [9.17, 15) is 75.2 Å². The summed E-state index contributed by atoms with van der Waals surface area (Å²) in [6.07, 6.45) is 2.63. The van der Waals surface area contributed by atoms with E-state index >= 15 is 0 Å². The molecule has 0 aromatic heterocycles. The van der Waals surface area contributed by atoms with Crippen LogP contribution in [0.2, 0.25) is 0 Å². The molecule has 1 saturated carbocycles. The number of ether oxygens (including phenoxy) is 6. The average Bonchev–Trinajstić information content (AvgIpc) is 3.48. The van der Waals surface area contributed by atoms with Crippen LogP contribution in [0.5, 0.6) is 0 Å². The normalized spacial score (nSPS) is 31.2. The number of phosphoric ester groups is 1. The van der Waals surface area contributed by atoms with Gasteiger partial charge in [0.05, 0.1) is 19.8 Å². The second-order valence-electron chi connectivity index (χ2n) is 21.5. The van der Waals surface area contributed by atoms with E-state index in [4.69, 9.17) is 37.5 Å². The molecule has 2 heterocycles. The SMILES string of the molecule is CCCCC/C=C\C/C=C\CCCCCCCC(=O)OC[C@H](COP(=O)(O)OC1C(O[C@@H]2OC(CO)[C@H](O)C(O)[C@@H]2O)C(O)C(O)C(O)[C@H]1O[C@H]1OC(CO)[C@@H](O)C(O)[C@H]1O)OC(=O)CCCCCCC/C=C\CCCCCCCC. The van der Waals surface area contributed by atoms with Gasteiger partial charge in [-0.1, -0.05) is 134 Å². The highest BCUT2D eigenvalue weighted by Crippen LogP contribution is 2.49. The van der Waals surface area contributed by atoms with Crippen molar-refractivity contribution in [2.45, 2.75) is 285 Å². The van der Waals surface area contributed by atoms with Crippen molar-refractivity contribution in [2.75, 3.05) is 26.4 Å². The van der Waals surface area contributed by atoms with E-state index in [-0.39, 0.29) is 12.8 Å². The minimum absolute atomic E-state index is 0.0341. The van der Waals surface area contributed by atoms with E-state index in [1.165, 1.54) is 57.8 Å². The molecule has 0 spiro atoms. The van der Waals surface area contributed by atoms with Crippen molar-refractivity contribution < 1.29 is 113 Å². The van der Waals surface area contributed by atoms with Crippen LogP contribution in [0.4, 0.5) is 0 Å². The number of aliphatic hydroxyl groups is 11. The molecule has 18 atom stereocenters. The first-order valence-corrected chi connectivity index (χ1v) is 31.3. The topological polar surface area (TPSA) is 368 Å². The molecule has 81 heavy (non-hydrogen) atoms. The van der Waals surface area contributed by atoms with Crippen LogP contribution in [0.1, 0.15) is 181 Å². The molecular weight excluding hydrogens is 1080 g/mol. The molecule has 23 nitrogen and oxygen atoms in total. The molecule has 3 fully saturated rings. The lowest BCUT2D eigenvalue weighted by Crippen LogP contribution is -2.69. The Bertz CT molecular complexity index is 1750. The van der Waals surface area contributed by atoms with Gasteiger partial charge >= 0.3 is 19.8 Å². The summed E-state index contributed by atoms with van der Waals surface area (Å²) in [5, 5.41) is 117. The number of unbranched alkanes of at least 4 members (excludes halogenated alkanes) is 19.